The molecule has 0 spiro atoms. The molecule has 3 atom stereocenters. The third kappa shape index (κ3) is 8.15. The Morgan fingerprint density at radius 3 is 2.75 bits per heavy atom. The van der Waals surface area contributed by atoms with Gasteiger partial charge in [-0.3, -0.25) is 9.69 Å². The Hall–Kier alpha value is -1.70. The zero-order valence-electron chi connectivity index (χ0n) is 21.0. The van der Waals surface area contributed by atoms with Gasteiger partial charge in [-0.15, -0.1) is 0 Å². The van der Waals surface area contributed by atoms with Crippen LogP contribution in [0.1, 0.15) is 62.3 Å². The van der Waals surface area contributed by atoms with Gasteiger partial charge < -0.3 is 14.6 Å². The molecule has 1 aliphatic rings. The SMILES string of the molecule is CCOC(=O)CCc1c(F)cccc1[C@@H](CC)OCC(O)CN1CCC[C@H]1Cc1ccc(Cl)c(Cl)c1. The summed E-state index contributed by atoms with van der Waals surface area (Å²) in [5.41, 5.74) is 2.31. The minimum atomic E-state index is -0.676. The molecule has 0 bridgehead atoms. The maximum absolute atomic E-state index is 14.6. The van der Waals surface area contributed by atoms with E-state index in [1.807, 2.05) is 31.2 Å². The highest BCUT2D eigenvalue weighted by Crippen LogP contribution is 2.29. The summed E-state index contributed by atoms with van der Waals surface area (Å²) in [6.07, 6.45) is 2.89. The van der Waals surface area contributed by atoms with Crippen molar-refractivity contribution in [3.8, 4) is 0 Å². The van der Waals surface area contributed by atoms with Crippen LogP contribution >= 0.6 is 23.2 Å². The first-order valence-electron chi connectivity index (χ1n) is 12.7. The van der Waals surface area contributed by atoms with E-state index in [4.69, 9.17) is 32.7 Å². The molecule has 0 amide bonds. The van der Waals surface area contributed by atoms with E-state index in [2.05, 4.69) is 4.90 Å². The fraction of sp³-hybridized carbons (Fsp3) is 0.536. The van der Waals surface area contributed by atoms with Gasteiger partial charge in [-0.2, -0.15) is 0 Å². The Balaban J connectivity index is 1.57. The monoisotopic (exact) mass is 539 g/mol. The first kappa shape index (κ1) is 28.9. The summed E-state index contributed by atoms with van der Waals surface area (Å²) >= 11 is 12.2. The number of aliphatic hydroxyl groups excluding tert-OH is 1. The summed E-state index contributed by atoms with van der Waals surface area (Å²) in [4.78, 5) is 14.1. The van der Waals surface area contributed by atoms with Gasteiger partial charge in [0.1, 0.15) is 5.82 Å². The van der Waals surface area contributed by atoms with E-state index in [0.29, 0.717) is 46.8 Å². The molecule has 5 nitrogen and oxygen atoms in total. The summed E-state index contributed by atoms with van der Waals surface area (Å²) in [5.74, 6) is -0.710. The van der Waals surface area contributed by atoms with E-state index in [1.165, 1.54) is 6.07 Å². The zero-order chi connectivity index (χ0) is 26.1. The average Bonchev–Trinajstić information content (AvgIpc) is 3.27. The van der Waals surface area contributed by atoms with E-state index < -0.39 is 6.10 Å². The molecule has 1 heterocycles. The number of carbonyl (C=O) groups is 1. The molecule has 1 unspecified atom stereocenters. The van der Waals surface area contributed by atoms with Crippen molar-refractivity contribution in [3.63, 3.8) is 0 Å². The Bertz CT molecular complexity index is 1010. The van der Waals surface area contributed by atoms with Crippen LogP contribution < -0.4 is 0 Å². The molecule has 36 heavy (non-hydrogen) atoms. The maximum Gasteiger partial charge on any atom is 0.306 e. The molecule has 3 rings (SSSR count). The molecule has 1 aliphatic heterocycles. The number of benzene rings is 2. The smallest absolute Gasteiger partial charge is 0.306 e. The van der Waals surface area contributed by atoms with Crippen LogP contribution in [-0.2, 0) is 27.1 Å². The highest BCUT2D eigenvalue weighted by Gasteiger charge is 2.27. The number of β-amino-alcohol motifs (C(OH)–C–C–N with tert-alkyl or cyclic N) is 1. The van der Waals surface area contributed by atoms with Crippen LogP contribution in [0.25, 0.3) is 0 Å². The van der Waals surface area contributed by atoms with E-state index in [1.54, 1.807) is 13.0 Å². The van der Waals surface area contributed by atoms with Gasteiger partial charge >= 0.3 is 5.97 Å². The molecule has 2 aromatic rings. The number of ether oxygens (including phenoxy) is 2. The molecule has 1 fully saturated rings. The second kappa shape index (κ2) is 14.3. The van der Waals surface area contributed by atoms with Crippen LogP contribution in [0.5, 0.6) is 0 Å². The standard InChI is InChI=1S/C28H36Cl2FNO4/c1-3-27(23-8-5-9-26(31)22(23)11-13-28(34)35-4-2)36-18-21(33)17-32-14-6-7-20(32)15-19-10-12-24(29)25(30)16-19/h5,8-10,12,16,20-21,27,33H,3-4,6-7,11,13-15,17-18H2,1-2H3/t20-,21?,27+/m0/s1. The lowest BCUT2D eigenvalue weighted by Gasteiger charge is -2.28. The number of rotatable bonds is 13. The molecule has 2 aromatic carbocycles. The lowest BCUT2D eigenvalue weighted by atomic mass is 9.96. The minimum absolute atomic E-state index is 0.107. The Labute approximate surface area is 223 Å². The highest BCUT2D eigenvalue weighted by atomic mass is 35.5. The Morgan fingerprint density at radius 1 is 1.22 bits per heavy atom. The summed E-state index contributed by atoms with van der Waals surface area (Å²) in [6.45, 7) is 5.57. The van der Waals surface area contributed by atoms with Crippen molar-refractivity contribution >= 4 is 29.2 Å². The van der Waals surface area contributed by atoms with Crippen molar-refractivity contribution in [2.24, 2.45) is 0 Å². The largest absolute Gasteiger partial charge is 0.466 e. The number of hydrogen-bond donors (Lipinski definition) is 1. The van der Waals surface area contributed by atoms with Gasteiger partial charge in [-0.05, 0) is 80.5 Å². The van der Waals surface area contributed by atoms with Crippen LogP contribution in [0, 0.1) is 5.82 Å². The molecule has 1 N–H and O–H groups in total. The van der Waals surface area contributed by atoms with Gasteiger partial charge in [-0.25, -0.2) is 4.39 Å². The Morgan fingerprint density at radius 2 is 2.03 bits per heavy atom. The normalized spacial score (nSPS) is 17.8. The van der Waals surface area contributed by atoms with Crippen LogP contribution in [0.3, 0.4) is 0 Å². The molecule has 1 saturated heterocycles. The van der Waals surface area contributed by atoms with Crippen LogP contribution in [0.15, 0.2) is 36.4 Å². The zero-order valence-corrected chi connectivity index (χ0v) is 22.5. The van der Waals surface area contributed by atoms with Crippen molar-refractivity contribution in [1.29, 1.82) is 0 Å². The molecule has 0 saturated carbocycles. The van der Waals surface area contributed by atoms with E-state index in [-0.39, 0.29) is 37.3 Å². The molecule has 8 heteroatoms. The average molecular weight is 541 g/mol. The van der Waals surface area contributed by atoms with Crippen LogP contribution in [0.2, 0.25) is 10.0 Å². The number of esters is 1. The molecular weight excluding hydrogens is 504 g/mol. The molecule has 198 valence electrons. The van der Waals surface area contributed by atoms with E-state index in [9.17, 15) is 14.3 Å². The lowest BCUT2D eigenvalue weighted by Crippen LogP contribution is -2.39. The second-order valence-electron chi connectivity index (χ2n) is 9.24. The molecule has 0 radical (unpaired) electrons. The van der Waals surface area contributed by atoms with Crippen molar-refractivity contribution in [3.05, 3.63) is 69.0 Å². The third-order valence-corrected chi connectivity index (χ3v) is 7.39. The molecule has 0 aromatic heterocycles. The number of halogens is 3. The number of likely N-dealkylation sites (tertiary alicyclic amines) is 1. The van der Waals surface area contributed by atoms with Crippen LogP contribution in [0.4, 0.5) is 4.39 Å². The van der Waals surface area contributed by atoms with E-state index in [0.717, 1.165) is 31.4 Å². The number of aliphatic hydroxyl groups is 1. The summed E-state index contributed by atoms with van der Waals surface area (Å²) in [5, 5.41) is 11.9. The van der Waals surface area contributed by atoms with Gasteiger partial charge in [0.05, 0.1) is 35.5 Å². The first-order chi connectivity index (χ1) is 17.3. The number of nitrogens with zero attached hydrogens (tertiary/aromatic N) is 1. The van der Waals surface area contributed by atoms with Crippen molar-refractivity contribution < 1.29 is 23.8 Å². The van der Waals surface area contributed by atoms with Crippen LogP contribution in [-0.4, -0.2) is 54.4 Å². The van der Waals surface area contributed by atoms with Gasteiger partial charge in [0.2, 0.25) is 0 Å². The quantitative estimate of drug-likeness (QED) is 0.308. The van der Waals surface area contributed by atoms with Crippen molar-refractivity contribution in [2.75, 3.05) is 26.3 Å². The van der Waals surface area contributed by atoms with E-state index >= 15 is 0 Å². The summed E-state index contributed by atoms with van der Waals surface area (Å²) in [7, 11) is 0. The van der Waals surface area contributed by atoms with Gasteiger partial charge in [0.25, 0.3) is 0 Å². The van der Waals surface area contributed by atoms with Gasteiger partial charge in [0.15, 0.2) is 0 Å². The topological polar surface area (TPSA) is 59.0 Å². The second-order valence-corrected chi connectivity index (χ2v) is 10.1. The first-order valence-corrected chi connectivity index (χ1v) is 13.5. The summed E-state index contributed by atoms with van der Waals surface area (Å²) < 4.78 is 25.7. The van der Waals surface area contributed by atoms with Crippen molar-refractivity contribution in [1.82, 2.24) is 4.90 Å². The molecule has 0 aliphatic carbocycles. The van der Waals surface area contributed by atoms with Crippen molar-refractivity contribution in [2.45, 2.75) is 70.6 Å². The lowest BCUT2D eigenvalue weighted by molar-refractivity contribution is -0.143. The van der Waals surface area contributed by atoms with Gasteiger partial charge in [-0.1, -0.05) is 48.3 Å². The fourth-order valence-corrected chi connectivity index (χ4v) is 5.21. The predicted molar refractivity (Wildman–Crippen MR) is 141 cm³/mol. The number of hydrogen-bond acceptors (Lipinski definition) is 5. The Kier molecular flexibility index (Phi) is 11.5. The summed E-state index contributed by atoms with van der Waals surface area (Å²) in [6, 6.07) is 10.9. The fourth-order valence-electron chi connectivity index (χ4n) is 4.88. The highest BCUT2D eigenvalue weighted by molar-refractivity contribution is 6.42. The minimum Gasteiger partial charge on any atom is -0.466 e. The molecular formula is C28H36Cl2FNO4. The predicted octanol–water partition coefficient (Wildman–Crippen LogP) is 6.16. The van der Waals surface area contributed by atoms with Gasteiger partial charge in [0, 0.05) is 19.0 Å². The number of carbonyl (C=O) groups excluding carboxylic acids is 1. The third-order valence-electron chi connectivity index (χ3n) is 6.65. The maximum atomic E-state index is 14.6.